The second-order valence-corrected chi connectivity index (χ2v) is 5.01. The second kappa shape index (κ2) is 7.98. The van der Waals surface area contributed by atoms with Gasteiger partial charge in [0.15, 0.2) is 0 Å². The number of likely N-dealkylation sites (N-methyl/N-ethyl adjacent to an activating group) is 1. The normalized spacial score (nSPS) is 12.5. The maximum absolute atomic E-state index is 5.65. The summed E-state index contributed by atoms with van der Waals surface area (Å²) in [6.45, 7) is 6.09. The van der Waals surface area contributed by atoms with Gasteiger partial charge >= 0.3 is 0 Å². The number of anilines is 1. The Labute approximate surface area is 111 Å². The molecule has 1 aromatic carbocycles. The first-order valence-electron chi connectivity index (χ1n) is 6.76. The lowest BCUT2D eigenvalue weighted by molar-refractivity contribution is 0.261. The molecule has 0 aliphatic carbocycles. The fourth-order valence-electron chi connectivity index (χ4n) is 1.78. The summed E-state index contributed by atoms with van der Waals surface area (Å²) in [7, 11) is 4.09. The molecule has 18 heavy (non-hydrogen) atoms. The van der Waals surface area contributed by atoms with E-state index in [9.17, 15) is 0 Å². The van der Waals surface area contributed by atoms with Crippen molar-refractivity contribution in [3.8, 4) is 5.75 Å². The van der Waals surface area contributed by atoms with Crippen molar-refractivity contribution in [2.24, 2.45) is 0 Å². The van der Waals surface area contributed by atoms with Crippen LogP contribution in [0.3, 0.4) is 0 Å². The molecule has 0 heterocycles. The lowest BCUT2D eigenvalue weighted by atomic mass is 10.2. The van der Waals surface area contributed by atoms with E-state index in [4.69, 9.17) is 4.74 Å². The van der Waals surface area contributed by atoms with Crippen molar-refractivity contribution in [2.75, 3.05) is 32.6 Å². The van der Waals surface area contributed by atoms with Crippen molar-refractivity contribution >= 4 is 5.69 Å². The van der Waals surface area contributed by atoms with Gasteiger partial charge in [0.2, 0.25) is 0 Å². The summed E-state index contributed by atoms with van der Waals surface area (Å²) in [5.74, 6) is 0.936. The number of benzene rings is 1. The molecule has 0 amide bonds. The van der Waals surface area contributed by atoms with Crippen molar-refractivity contribution in [1.29, 1.82) is 0 Å². The zero-order valence-electron chi connectivity index (χ0n) is 12.1. The summed E-state index contributed by atoms with van der Waals surface area (Å²) in [5.41, 5.74) is 1.16. The Bertz CT molecular complexity index is 322. The molecular formula is C15H26N2O. The van der Waals surface area contributed by atoms with Crippen LogP contribution in [0.5, 0.6) is 5.75 Å². The van der Waals surface area contributed by atoms with Gasteiger partial charge < -0.3 is 15.0 Å². The topological polar surface area (TPSA) is 24.5 Å². The highest BCUT2D eigenvalue weighted by Gasteiger charge is 2.01. The quantitative estimate of drug-likeness (QED) is 0.766. The molecule has 1 atom stereocenters. The van der Waals surface area contributed by atoms with Crippen LogP contribution in [-0.2, 0) is 0 Å². The van der Waals surface area contributed by atoms with Gasteiger partial charge in [-0.1, -0.05) is 13.3 Å². The molecule has 0 radical (unpaired) electrons. The average molecular weight is 250 g/mol. The van der Waals surface area contributed by atoms with E-state index >= 15 is 0 Å². The molecule has 0 fully saturated rings. The van der Waals surface area contributed by atoms with E-state index in [0.29, 0.717) is 6.04 Å². The molecule has 0 bridgehead atoms. The molecule has 0 aromatic heterocycles. The van der Waals surface area contributed by atoms with Gasteiger partial charge in [-0.05, 0) is 51.7 Å². The Morgan fingerprint density at radius 1 is 1.22 bits per heavy atom. The van der Waals surface area contributed by atoms with Crippen LogP contribution in [-0.4, -0.2) is 38.2 Å². The lowest BCUT2D eigenvalue weighted by Gasteiger charge is -2.15. The van der Waals surface area contributed by atoms with Crippen LogP contribution in [0, 0.1) is 0 Å². The van der Waals surface area contributed by atoms with E-state index < -0.39 is 0 Å². The third kappa shape index (κ3) is 5.92. The first-order valence-corrected chi connectivity index (χ1v) is 6.76. The van der Waals surface area contributed by atoms with E-state index in [1.54, 1.807) is 0 Å². The first kappa shape index (κ1) is 14.8. The number of ether oxygens (including phenoxy) is 1. The third-order valence-electron chi connectivity index (χ3n) is 2.80. The van der Waals surface area contributed by atoms with Gasteiger partial charge in [0.1, 0.15) is 12.4 Å². The van der Waals surface area contributed by atoms with Crippen LogP contribution >= 0.6 is 0 Å². The SMILES string of the molecule is CCCC(C)Nc1ccc(OCCN(C)C)cc1. The summed E-state index contributed by atoms with van der Waals surface area (Å²) in [6.07, 6.45) is 2.40. The number of hydrogen-bond acceptors (Lipinski definition) is 3. The Kier molecular flexibility index (Phi) is 6.58. The number of rotatable bonds is 8. The smallest absolute Gasteiger partial charge is 0.119 e. The van der Waals surface area contributed by atoms with Crippen molar-refractivity contribution in [3.05, 3.63) is 24.3 Å². The number of hydrogen-bond donors (Lipinski definition) is 1. The van der Waals surface area contributed by atoms with Crippen LogP contribution in [0.1, 0.15) is 26.7 Å². The van der Waals surface area contributed by atoms with Gasteiger partial charge in [0.05, 0.1) is 0 Å². The van der Waals surface area contributed by atoms with E-state index in [2.05, 4.69) is 36.2 Å². The first-order chi connectivity index (χ1) is 8.61. The van der Waals surface area contributed by atoms with E-state index in [1.807, 2.05) is 26.2 Å². The van der Waals surface area contributed by atoms with Crippen LogP contribution < -0.4 is 10.1 Å². The van der Waals surface area contributed by atoms with Crippen molar-refractivity contribution in [1.82, 2.24) is 4.90 Å². The Hall–Kier alpha value is -1.22. The standard InChI is InChI=1S/C15H26N2O/c1-5-6-13(2)16-14-7-9-15(10-8-14)18-12-11-17(3)4/h7-10,13,16H,5-6,11-12H2,1-4H3. The summed E-state index contributed by atoms with van der Waals surface area (Å²) < 4.78 is 5.65. The minimum Gasteiger partial charge on any atom is -0.492 e. The molecule has 1 aromatic rings. The number of nitrogens with zero attached hydrogens (tertiary/aromatic N) is 1. The van der Waals surface area contributed by atoms with Crippen LogP contribution in [0.25, 0.3) is 0 Å². The summed E-state index contributed by atoms with van der Waals surface area (Å²) in [6, 6.07) is 8.73. The predicted molar refractivity (Wildman–Crippen MR) is 78.5 cm³/mol. The van der Waals surface area contributed by atoms with E-state index in [1.165, 1.54) is 12.8 Å². The van der Waals surface area contributed by atoms with Gasteiger partial charge in [-0.15, -0.1) is 0 Å². The fraction of sp³-hybridized carbons (Fsp3) is 0.600. The van der Waals surface area contributed by atoms with Gasteiger partial charge in [0, 0.05) is 18.3 Å². The van der Waals surface area contributed by atoms with Gasteiger partial charge in [-0.3, -0.25) is 0 Å². The van der Waals surface area contributed by atoms with Crippen LogP contribution in [0.4, 0.5) is 5.69 Å². The minimum atomic E-state index is 0.524. The monoisotopic (exact) mass is 250 g/mol. The van der Waals surface area contributed by atoms with Crippen molar-refractivity contribution in [3.63, 3.8) is 0 Å². The highest BCUT2D eigenvalue weighted by molar-refractivity contribution is 5.46. The average Bonchev–Trinajstić information content (AvgIpc) is 2.31. The largest absolute Gasteiger partial charge is 0.492 e. The molecule has 0 aliphatic rings. The number of nitrogens with one attached hydrogen (secondary N) is 1. The molecule has 1 unspecified atom stereocenters. The predicted octanol–water partition coefficient (Wildman–Crippen LogP) is 3.23. The molecule has 102 valence electrons. The highest BCUT2D eigenvalue weighted by atomic mass is 16.5. The summed E-state index contributed by atoms with van der Waals surface area (Å²) in [4.78, 5) is 2.11. The highest BCUT2D eigenvalue weighted by Crippen LogP contribution is 2.17. The molecule has 0 saturated heterocycles. The lowest BCUT2D eigenvalue weighted by Crippen LogP contribution is -2.19. The van der Waals surface area contributed by atoms with Gasteiger partial charge in [-0.25, -0.2) is 0 Å². The molecule has 0 spiro atoms. The fourth-order valence-corrected chi connectivity index (χ4v) is 1.78. The summed E-state index contributed by atoms with van der Waals surface area (Å²) in [5, 5.41) is 3.48. The van der Waals surface area contributed by atoms with E-state index in [-0.39, 0.29) is 0 Å². The molecule has 3 heteroatoms. The molecule has 0 saturated carbocycles. The Morgan fingerprint density at radius 2 is 1.89 bits per heavy atom. The Balaban J connectivity index is 2.37. The summed E-state index contributed by atoms with van der Waals surface area (Å²) >= 11 is 0. The Morgan fingerprint density at radius 3 is 2.44 bits per heavy atom. The van der Waals surface area contributed by atoms with E-state index in [0.717, 1.165) is 24.6 Å². The maximum atomic E-state index is 5.65. The van der Waals surface area contributed by atoms with Crippen LogP contribution in [0.2, 0.25) is 0 Å². The van der Waals surface area contributed by atoms with Crippen LogP contribution in [0.15, 0.2) is 24.3 Å². The maximum Gasteiger partial charge on any atom is 0.119 e. The molecular weight excluding hydrogens is 224 g/mol. The third-order valence-corrected chi connectivity index (χ3v) is 2.80. The zero-order chi connectivity index (χ0) is 13.4. The van der Waals surface area contributed by atoms with Gasteiger partial charge in [-0.2, -0.15) is 0 Å². The van der Waals surface area contributed by atoms with Crippen molar-refractivity contribution in [2.45, 2.75) is 32.7 Å². The minimum absolute atomic E-state index is 0.524. The molecule has 0 aliphatic heterocycles. The molecule has 1 rings (SSSR count). The second-order valence-electron chi connectivity index (χ2n) is 5.01. The van der Waals surface area contributed by atoms with Gasteiger partial charge in [0.25, 0.3) is 0 Å². The van der Waals surface area contributed by atoms with Crippen molar-refractivity contribution < 1.29 is 4.74 Å². The zero-order valence-corrected chi connectivity index (χ0v) is 12.1. The molecule has 1 N–H and O–H groups in total. The molecule has 3 nitrogen and oxygen atoms in total.